The largest absolute Gasteiger partial charge is 0.497 e. The summed E-state index contributed by atoms with van der Waals surface area (Å²) in [5.74, 6) is 0.777. The van der Waals surface area contributed by atoms with E-state index in [1.807, 2.05) is 0 Å². The Labute approximate surface area is 168 Å². The second-order valence-electron chi connectivity index (χ2n) is 5.52. The Morgan fingerprint density at radius 1 is 1.00 bits per heavy atom. The number of rotatable bonds is 9. The summed E-state index contributed by atoms with van der Waals surface area (Å²) in [6.45, 7) is 0.0985. The molecule has 0 aromatic heterocycles. The molecular formula is C18H21ClN2O6S. The molecule has 0 radical (unpaired) electrons. The van der Waals surface area contributed by atoms with Crippen LogP contribution < -0.4 is 24.2 Å². The lowest BCUT2D eigenvalue weighted by Crippen LogP contribution is -2.34. The molecule has 8 nitrogen and oxygen atoms in total. The summed E-state index contributed by atoms with van der Waals surface area (Å²) in [6.07, 6.45) is 0. The molecule has 0 aliphatic heterocycles. The highest BCUT2D eigenvalue weighted by Gasteiger charge is 2.16. The number of nitrogens with one attached hydrogen (secondary N) is 2. The molecule has 0 unspecified atom stereocenters. The van der Waals surface area contributed by atoms with Gasteiger partial charge in [-0.3, -0.25) is 4.79 Å². The zero-order chi connectivity index (χ0) is 20.7. The van der Waals surface area contributed by atoms with Crippen LogP contribution in [-0.2, 0) is 10.0 Å². The summed E-state index contributed by atoms with van der Waals surface area (Å²) in [4.78, 5) is 12.4. The molecule has 2 aromatic carbocycles. The molecule has 2 rings (SSSR count). The maximum absolute atomic E-state index is 12.3. The van der Waals surface area contributed by atoms with Crippen molar-refractivity contribution < 1.29 is 27.4 Å². The van der Waals surface area contributed by atoms with Crippen LogP contribution >= 0.6 is 11.6 Å². The lowest BCUT2D eigenvalue weighted by molar-refractivity contribution is 0.0954. The Hall–Kier alpha value is -2.49. The zero-order valence-electron chi connectivity index (χ0n) is 15.6. The monoisotopic (exact) mass is 428 g/mol. The minimum atomic E-state index is -3.69. The summed E-state index contributed by atoms with van der Waals surface area (Å²) in [6, 6.07) is 8.91. The average molecular weight is 429 g/mol. The van der Waals surface area contributed by atoms with E-state index in [1.54, 1.807) is 12.1 Å². The normalized spacial score (nSPS) is 11.0. The molecule has 0 heterocycles. The quantitative estimate of drug-likeness (QED) is 0.593. The highest BCUT2D eigenvalue weighted by molar-refractivity contribution is 7.89. The van der Waals surface area contributed by atoms with E-state index in [1.165, 1.54) is 45.6 Å². The predicted molar refractivity (Wildman–Crippen MR) is 105 cm³/mol. The average Bonchev–Trinajstić information content (AvgIpc) is 2.70. The number of hydrogen-bond acceptors (Lipinski definition) is 6. The van der Waals surface area contributed by atoms with Crippen LogP contribution in [0.1, 0.15) is 10.4 Å². The molecular weight excluding hydrogens is 408 g/mol. The van der Waals surface area contributed by atoms with Gasteiger partial charge in [0.25, 0.3) is 5.91 Å². The zero-order valence-corrected chi connectivity index (χ0v) is 17.2. The molecule has 0 atom stereocenters. The topological polar surface area (TPSA) is 103 Å². The van der Waals surface area contributed by atoms with E-state index >= 15 is 0 Å². The van der Waals surface area contributed by atoms with E-state index in [4.69, 9.17) is 25.8 Å². The highest BCUT2D eigenvalue weighted by Crippen LogP contribution is 2.35. The molecule has 1 amide bonds. The smallest absolute Gasteiger partial charge is 0.251 e. The Kier molecular flexibility index (Phi) is 7.50. The van der Waals surface area contributed by atoms with Crippen molar-refractivity contribution in [1.82, 2.24) is 10.0 Å². The number of amides is 1. The standard InChI is InChI=1S/C18H21ClN2O6S/c1-25-13-4-6-14(7-5-13)28(23,24)21-9-8-20-18(22)12-10-15(19)17(27-3)16(11-12)26-2/h4-7,10-11,21H,8-9H2,1-3H3,(H,20,22). The number of ether oxygens (including phenoxy) is 3. The van der Waals surface area contributed by atoms with Gasteiger partial charge in [-0.2, -0.15) is 0 Å². The van der Waals surface area contributed by atoms with Crippen molar-refractivity contribution in [1.29, 1.82) is 0 Å². The van der Waals surface area contributed by atoms with Gasteiger partial charge in [0.05, 0.1) is 31.2 Å². The first-order valence-corrected chi connectivity index (χ1v) is 10.0. The van der Waals surface area contributed by atoms with Crippen LogP contribution in [0.15, 0.2) is 41.3 Å². The lowest BCUT2D eigenvalue weighted by atomic mass is 10.2. The van der Waals surface area contributed by atoms with Crippen LogP contribution in [0, 0.1) is 0 Å². The molecule has 0 saturated carbocycles. The van der Waals surface area contributed by atoms with Gasteiger partial charge in [0.2, 0.25) is 10.0 Å². The van der Waals surface area contributed by atoms with Gasteiger partial charge in [-0.15, -0.1) is 0 Å². The van der Waals surface area contributed by atoms with Crippen molar-refractivity contribution in [2.75, 3.05) is 34.4 Å². The molecule has 0 fully saturated rings. The Balaban J connectivity index is 1.94. The summed E-state index contributed by atoms with van der Waals surface area (Å²) >= 11 is 6.08. The summed E-state index contributed by atoms with van der Waals surface area (Å²) in [5, 5.41) is 2.85. The van der Waals surface area contributed by atoms with Crippen molar-refractivity contribution in [3.8, 4) is 17.2 Å². The SMILES string of the molecule is COc1ccc(S(=O)(=O)NCCNC(=O)c2cc(Cl)c(OC)c(OC)c2)cc1. The van der Waals surface area contributed by atoms with Gasteiger partial charge in [-0.1, -0.05) is 11.6 Å². The third-order valence-electron chi connectivity index (χ3n) is 3.77. The minimum Gasteiger partial charge on any atom is -0.497 e. The van der Waals surface area contributed by atoms with Crippen LogP contribution in [0.25, 0.3) is 0 Å². The number of methoxy groups -OCH3 is 3. The number of carbonyl (C=O) groups excluding carboxylic acids is 1. The minimum absolute atomic E-state index is 0.0150. The fourth-order valence-electron chi connectivity index (χ4n) is 2.35. The first kappa shape index (κ1) is 21.8. The van der Waals surface area contributed by atoms with Gasteiger partial charge in [-0.05, 0) is 36.4 Å². The van der Waals surface area contributed by atoms with E-state index in [0.717, 1.165) is 0 Å². The fourth-order valence-corrected chi connectivity index (χ4v) is 3.67. The first-order chi connectivity index (χ1) is 13.3. The third kappa shape index (κ3) is 5.28. The summed E-state index contributed by atoms with van der Waals surface area (Å²) in [7, 11) is 0.685. The van der Waals surface area contributed by atoms with E-state index in [0.29, 0.717) is 17.2 Å². The molecule has 28 heavy (non-hydrogen) atoms. The molecule has 0 spiro atoms. The van der Waals surface area contributed by atoms with E-state index in [2.05, 4.69) is 10.0 Å². The van der Waals surface area contributed by atoms with Gasteiger partial charge in [0.1, 0.15) is 5.75 Å². The maximum atomic E-state index is 12.3. The van der Waals surface area contributed by atoms with Gasteiger partial charge in [0.15, 0.2) is 11.5 Å². The lowest BCUT2D eigenvalue weighted by Gasteiger charge is -2.12. The fraction of sp³-hybridized carbons (Fsp3) is 0.278. The highest BCUT2D eigenvalue weighted by atomic mass is 35.5. The van der Waals surface area contributed by atoms with Crippen LogP contribution in [-0.4, -0.2) is 48.7 Å². The first-order valence-electron chi connectivity index (χ1n) is 8.15. The molecule has 0 aliphatic rings. The van der Waals surface area contributed by atoms with Crippen molar-refractivity contribution in [2.24, 2.45) is 0 Å². The van der Waals surface area contributed by atoms with Gasteiger partial charge < -0.3 is 19.5 Å². The van der Waals surface area contributed by atoms with E-state index in [-0.39, 0.29) is 28.6 Å². The number of carbonyl (C=O) groups is 1. The van der Waals surface area contributed by atoms with Gasteiger partial charge in [-0.25, -0.2) is 13.1 Å². The maximum Gasteiger partial charge on any atom is 0.251 e. The summed E-state index contributed by atoms with van der Waals surface area (Å²) in [5.41, 5.74) is 0.265. The summed E-state index contributed by atoms with van der Waals surface area (Å²) < 4.78 is 42.2. The molecule has 152 valence electrons. The number of sulfonamides is 1. The van der Waals surface area contributed by atoms with Crippen molar-refractivity contribution in [2.45, 2.75) is 4.90 Å². The van der Waals surface area contributed by atoms with Crippen LogP contribution in [0.3, 0.4) is 0 Å². The van der Waals surface area contributed by atoms with Crippen molar-refractivity contribution in [3.63, 3.8) is 0 Å². The van der Waals surface area contributed by atoms with Gasteiger partial charge >= 0.3 is 0 Å². The molecule has 2 N–H and O–H groups in total. The Morgan fingerprint density at radius 2 is 1.68 bits per heavy atom. The second kappa shape index (κ2) is 9.63. The van der Waals surface area contributed by atoms with E-state index < -0.39 is 15.9 Å². The molecule has 10 heteroatoms. The van der Waals surface area contributed by atoms with Crippen molar-refractivity contribution in [3.05, 3.63) is 47.0 Å². The number of benzene rings is 2. The van der Waals surface area contributed by atoms with Crippen molar-refractivity contribution >= 4 is 27.5 Å². The number of halogens is 1. The molecule has 0 saturated heterocycles. The van der Waals surface area contributed by atoms with Crippen LogP contribution in [0.5, 0.6) is 17.2 Å². The molecule has 2 aromatic rings. The molecule has 0 bridgehead atoms. The van der Waals surface area contributed by atoms with Gasteiger partial charge in [0, 0.05) is 18.7 Å². The van der Waals surface area contributed by atoms with Crippen LogP contribution in [0.4, 0.5) is 0 Å². The molecule has 0 aliphatic carbocycles. The Bertz CT molecular complexity index is 932. The van der Waals surface area contributed by atoms with Crippen LogP contribution in [0.2, 0.25) is 5.02 Å². The Morgan fingerprint density at radius 3 is 2.25 bits per heavy atom. The second-order valence-corrected chi connectivity index (χ2v) is 7.70. The van der Waals surface area contributed by atoms with E-state index in [9.17, 15) is 13.2 Å². The third-order valence-corrected chi connectivity index (χ3v) is 5.53. The predicted octanol–water partition coefficient (Wildman–Crippen LogP) is 2.07. The number of hydrogen-bond donors (Lipinski definition) is 2.